The lowest BCUT2D eigenvalue weighted by Gasteiger charge is -2.04. The van der Waals surface area contributed by atoms with Gasteiger partial charge in [-0.1, -0.05) is 18.2 Å². The summed E-state index contributed by atoms with van der Waals surface area (Å²) in [5.41, 5.74) is 2.37. The smallest absolute Gasteiger partial charge is 0.307 e. The van der Waals surface area contributed by atoms with E-state index in [9.17, 15) is 9.59 Å². The number of para-hydroxylation sites is 1. The Hall–Kier alpha value is -2.30. The molecule has 110 valence electrons. The topological polar surface area (TPSA) is 82.2 Å². The fourth-order valence-corrected chi connectivity index (χ4v) is 2.72. The van der Waals surface area contributed by atoms with Gasteiger partial charge in [-0.05, 0) is 30.9 Å². The number of carbonyl (C=O) groups excluding carboxylic acids is 1. The van der Waals surface area contributed by atoms with Crippen LogP contribution < -0.4 is 5.32 Å². The van der Waals surface area contributed by atoms with Crippen molar-refractivity contribution in [3.05, 3.63) is 36.0 Å². The number of carbonyl (C=O) groups is 2. The zero-order chi connectivity index (χ0) is 14.8. The Kier molecular flexibility index (Phi) is 3.64. The molecule has 0 unspecified atom stereocenters. The highest BCUT2D eigenvalue weighted by Gasteiger charge is 2.48. The van der Waals surface area contributed by atoms with Crippen LogP contribution in [0, 0.1) is 11.8 Å². The van der Waals surface area contributed by atoms with E-state index < -0.39 is 11.9 Å². The first-order chi connectivity index (χ1) is 10.2. The largest absolute Gasteiger partial charge is 0.481 e. The van der Waals surface area contributed by atoms with E-state index in [2.05, 4.69) is 16.4 Å². The molecule has 3 N–H and O–H groups in total. The summed E-state index contributed by atoms with van der Waals surface area (Å²) in [5, 5.41) is 12.8. The molecule has 0 spiro atoms. The minimum Gasteiger partial charge on any atom is -0.481 e. The van der Waals surface area contributed by atoms with Crippen LogP contribution in [0.25, 0.3) is 10.9 Å². The van der Waals surface area contributed by atoms with Crippen molar-refractivity contribution in [3.8, 4) is 0 Å². The number of hydrogen-bond donors (Lipinski definition) is 3. The van der Waals surface area contributed by atoms with Gasteiger partial charge in [0.1, 0.15) is 0 Å². The fourth-order valence-electron chi connectivity index (χ4n) is 2.72. The summed E-state index contributed by atoms with van der Waals surface area (Å²) < 4.78 is 0. The number of aryl methyl sites for hydroxylation is 1. The maximum Gasteiger partial charge on any atom is 0.307 e. The van der Waals surface area contributed by atoms with Crippen molar-refractivity contribution >= 4 is 22.8 Å². The fraction of sp³-hybridized carbons (Fsp3) is 0.375. The Morgan fingerprint density at radius 1 is 1.29 bits per heavy atom. The first-order valence-electron chi connectivity index (χ1n) is 7.22. The van der Waals surface area contributed by atoms with Crippen molar-refractivity contribution in [2.75, 3.05) is 6.54 Å². The van der Waals surface area contributed by atoms with Crippen molar-refractivity contribution in [1.29, 1.82) is 0 Å². The predicted octanol–water partition coefficient (Wildman–Crippen LogP) is 1.94. The van der Waals surface area contributed by atoms with Crippen LogP contribution >= 0.6 is 0 Å². The van der Waals surface area contributed by atoms with Crippen LogP contribution in [0.5, 0.6) is 0 Å². The van der Waals surface area contributed by atoms with Crippen LogP contribution in [0.1, 0.15) is 18.4 Å². The van der Waals surface area contributed by atoms with Crippen molar-refractivity contribution in [2.45, 2.75) is 19.3 Å². The predicted molar refractivity (Wildman–Crippen MR) is 78.9 cm³/mol. The van der Waals surface area contributed by atoms with Gasteiger partial charge in [0.2, 0.25) is 5.91 Å². The second-order valence-corrected chi connectivity index (χ2v) is 5.54. The summed E-state index contributed by atoms with van der Waals surface area (Å²) in [6.45, 7) is 0.585. The monoisotopic (exact) mass is 286 g/mol. The summed E-state index contributed by atoms with van der Waals surface area (Å²) in [6, 6.07) is 8.14. The summed E-state index contributed by atoms with van der Waals surface area (Å²) in [6.07, 6.45) is 4.22. The molecule has 21 heavy (non-hydrogen) atoms. The maximum atomic E-state index is 11.7. The van der Waals surface area contributed by atoms with Crippen molar-refractivity contribution in [2.24, 2.45) is 11.8 Å². The highest BCUT2D eigenvalue weighted by Crippen LogP contribution is 2.38. The highest BCUT2D eigenvalue weighted by atomic mass is 16.4. The number of H-pyrrole nitrogens is 1. The minimum atomic E-state index is -0.867. The lowest BCUT2D eigenvalue weighted by Crippen LogP contribution is -2.27. The molecule has 0 aliphatic heterocycles. The summed E-state index contributed by atoms with van der Waals surface area (Å²) in [4.78, 5) is 25.6. The molecule has 1 aliphatic carbocycles. The Morgan fingerprint density at radius 2 is 2.10 bits per heavy atom. The molecule has 1 aliphatic rings. The van der Waals surface area contributed by atoms with E-state index in [-0.39, 0.29) is 11.8 Å². The van der Waals surface area contributed by atoms with E-state index >= 15 is 0 Å². The highest BCUT2D eigenvalue weighted by molar-refractivity contribution is 5.89. The van der Waals surface area contributed by atoms with E-state index in [1.54, 1.807) is 0 Å². The normalized spacial score (nSPS) is 20.4. The number of rotatable bonds is 6. The molecule has 1 heterocycles. The lowest BCUT2D eigenvalue weighted by atomic mass is 10.1. The molecule has 2 atom stereocenters. The molecule has 5 heteroatoms. The standard InChI is InChI=1S/C16H18N2O3/c19-15(12-8-13(12)16(20)21)17-7-3-4-10-9-18-14-6-2-1-5-11(10)14/h1-2,5-6,9,12-13,18H,3-4,7-8H2,(H,17,19)(H,20,21)/t12-,13+/m1/s1. The van der Waals surface area contributed by atoms with Gasteiger partial charge in [-0.25, -0.2) is 0 Å². The molecule has 1 aromatic carbocycles. The second kappa shape index (κ2) is 5.60. The summed E-state index contributed by atoms with van der Waals surface area (Å²) in [5.74, 6) is -1.79. The number of amides is 1. The summed E-state index contributed by atoms with van der Waals surface area (Å²) in [7, 11) is 0. The first-order valence-corrected chi connectivity index (χ1v) is 7.22. The minimum absolute atomic E-state index is 0.124. The number of aromatic nitrogens is 1. The second-order valence-electron chi connectivity index (χ2n) is 5.54. The Morgan fingerprint density at radius 3 is 2.86 bits per heavy atom. The average molecular weight is 286 g/mol. The molecule has 2 aromatic rings. The van der Waals surface area contributed by atoms with Gasteiger partial charge < -0.3 is 15.4 Å². The van der Waals surface area contributed by atoms with Crippen LogP contribution in [0.3, 0.4) is 0 Å². The van der Waals surface area contributed by atoms with E-state index in [1.165, 1.54) is 10.9 Å². The SMILES string of the molecule is O=C(O)[C@H]1C[C@H]1C(=O)NCCCc1c[nH]c2ccccc12. The molecule has 1 saturated carbocycles. The maximum absolute atomic E-state index is 11.7. The van der Waals surface area contributed by atoms with Crippen molar-refractivity contribution < 1.29 is 14.7 Å². The average Bonchev–Trinajstić information content (AvgIpc) is 3.19. The van der Waals surface area contributed by atoms with E-state index in [0.29, 0.717) is 13.0 Å². The molecular formula is C16H18N2O3. The molecule has 0 saturated heterocycles. The number of fused-ring (bicyclic) bond motifs is 1. The van der Waals surface area contributed by atoms with Gasteiger partial charge in [-0.2, -0.15) is 0 Å². The molecule has 1 fully saturated rings. The van der Waals surface area contributed by atoms with Crippen molar-refractivity contribution in [3.63, 3.8) is 0 Å². The number of hydrogen-bond acceptors (Lipinski definition) is 2. The Bertz CT molecular complexity index is 677. The molecule has 0 bridgehead atoms. The number of aliphatic carboxylic acids is 1. The number of carboxylic acids is 1. The van der Waals surface area contributed by atoms with Gasteiger partial charge in [0.15, 0.2) is 0 Å². The third kappa shape index (κ3) is 2.91. The van der Waals surface area contributed by atoms with Gasteiger partial charge in [0.25, 0.3) is 0 Å². The lowest BCUT2D eigenvalue weighted by molar-refractivity contribution is -0.140. The Labute approximate surface area is 122 Å². The van der Waals surface area contributed by atoms with Gasteiger partial charge in [0, 0.05) is 23.6 Å². The molecule has 3 rings (SSSR count). The van der Waals surface area contributed by atoms with E-state index in [0.717, 1.165) is 18.4 Å². The molecule has 5 nitrogen and oxygen atoms in total. The van der Waals surface area contributed by atoms with Gasteiger partial charge in [-0.3, -0.25) is 9.59 Å². The Balaban J connectivity index is 1.45. The number of nitrogens with one attached hydrogen (secondary N) is 2. The van der Waals surface area contributed by atoms with Crippen LogP contribution in [0.15, 0.2) is 30.5 Å². The summed E-state index contributed by atoms with van der Waals surface area (Å²) >= 11 is 0. The van der Waals surface area contributed by atoms with Gasteiger partial charge in [-0.15, -0.1) is 0 Å². The van der Waals surface area contributed by atoms with Crippen LogP contribution in [0.4, 0.5) is 0 Å². The number of carboxylic acid groups (broad SMARTS) is 1. The van der Waals surface area contributed by atoms with Gasteiger partial charge >= 0.3 is 5.97 Å². The third-order valence-electron chi connectivity index (χ3n) is 4.04. The molecular weight excluding hydrogens is 268 g/mol. The third-order valence-corrected chi connectivity index (χ3v) is 4.04. The quantitative estimate of drug-likeness (QED) is 0.710. The van der Waals surface area contributed by atoms with Crippen LogP contribution in [-0.4, -0.2) is 28.5 Å². The number of aromatic amines is 1. The van der Waals surface area contributed by atoms with Crippen LogP contribution in [-0.2, 0) is 16.0 Å². The molecule has 1 amide bonds. The zero-order valence-corrected chi connectivity index (χ0v) is 11.6. The van der Waals surface area contributed by atoms with Crippen LogP contribution in [0.2, 0.25) is 0 Å². The van der Waals surface area contributed by atoms with Gasteiger partial charge in [0.05, 0.1) is 11.8 Å². The number of benzene rings is 1. The molecule has 0 radical (unpaired) electrons. The zero-order valence-electron chi connectivity index (χ0n) is 11.6. The van der Waals surface area contributed by atoms with E-state index in [4.69, 9.17) is 5.11 Å². The van der Waals surface area contributed by atoms with E-state index in [1.807, 2.05) is 24.4 Å². The van der Waals surface area contributed by atoms with Crippen molar-refractivity contribution in [1.82, 2.24) is 10.3 Å². The molecule has 1 aromatic heterocycles. The first kappa shape index (κ1) is 13.7.